The lowest BCUT2D eigenvalue weighted by molar-refractivity contribution is 0.277. The molecule has 0 fully saturated rings. The number of fused-ring (bicyclic) bond motifs is 1. The number of benzene rings is 1. The summed E-state index contributed by atoms with van der Waals surface area (Å²) in [5, 5.41) is 17.4. The van der Waals surface area contributed by atoms with Crippen molar-refractivity contribution in [1.82, 2.24) is 19.7 Å². The molecule has 0 aliphatic heterocycles. The van der Waals surface area contributed by atoms with Crippen LogP contribution in [0.4, 0.5) is 5.95 Å². The quantitative estimate of drug-likeness (QED) is 0.631. The van der Waals surface area contributed by atoms with Crippen molar-refractivity contribution in [1.29, 1.82) is 0 Å². The molecule has 0 radical (unpaired) electrons. The van der Waals surface area contributed by atoms with Gasteiger partial charge in [-0.15, -0.1) is 0 Å². The normalized spacial score (nSPS) is 13.1. The van der Waals surface area contributed by atoms with Gasteiger partial charge in [-0.1, -0.05) is 30.3 Å². The Morgan fingerprint density at radius 1 is 1.27 bits per heavy atom. The van der Waals surface area contributed by atoms with Crippen LogP contribution in [0.1, 0.15) is 38.7 Å². The highest BCUT2D eigenvalue weighted by molar-refractivity contribution is 5.74. The minimum absolute atomic E-state index is 0.0982. The van der Waals surface area contributed by atoms with Crippen LogP contribution < -0.4 is 10.9 Å². The summed E-state index contributed by atoms with van der Waals surface area (Å²) in [6.45, 7) is 6.70. The largest absolute Gasteiger partial charge is 0.396 e. The molecule has 3 aromatic rings. The van der Waals surface area contributed by atoms with Crippen LogP contribution in [-0.2, 0) is 5.54 Å². The Bertz CT molecular complexity index is 924. The molecule has 0 saturated heterocycles. The van der Waals surface area contributed by atoms with E-state index in [1.54, 1.807) is 10.9 Å². The van der Waals surface area contributed by atoms with E-state index in [2.05, 4.69) is 20.4 Å². The van der Waals surface area contributed by atoms with Gasteiger partial charge in [-0.05, 0) is 32.8 Å². The van der Waals surface area contributed by atoms with Gasteiger partial charge in [0.2, 0.25) is 5.95 Å². The number of rotatable bonds is 6. The number of aliphatic hydroxyl groups excluding tert-OH is 1. The molecule has 0 amide bonds. The molecule has 138 valence electrons. The Morgan fingerprint density at radius 3 is 2.65 bits per heavy atom. The summed E-state index contributed by atoms with van der Waals surface area (Å²) in [5.41, 5.74) is 1.20. The molecule has 1 aromatic carbocycles. The van der Waals surface area contributed by atoms with E-state index >= 15 is 0 Å². The number of H-pyrrole nitrogens is 1. The monoisotopic (exact) mass is 355 g/mol. The first-order chi connectivity index (χ1) is 12.4. The van der Waals surface area contributed by atoms with Crippen LogP contribution in [0.2, 0.25) is 0 Å². The van der Waals surface area contributed by atoms with Gasteiger partial charge in [-0.2, -0.15) is 10.1 Å². The Morgan fingerprint density at radius 2 is 2.00 bits per heavy atom. The van der Waals surface area contributed by atoms with E-state index in [0.717, 1.165) is 5.56 Å². The SMILES string of the molecule is CC(C)(C)n1ncc2c(=O)[nH]c(NCC(CCO)c3ccccc3)nc21. The molecule has 1 unspecified atom stereocenters. The molecule has 3 rings (SSSR count). The predicted molar refractivity (Wildman–Crippen MR) is 103 cm³/mol. The molecule has 2 aromatic heterocycles. The van der Waals surface area contributed by atoms with Gasteiger partial charge in [0.15, 0.2) is 5.65 Å². The lowest BCUT2D eigenvalue weighted by Gasteiger charge is -2.20. The van der Waals surface area contributed by atoms with Gasteiger partial charge in [0.05, 0.1) is 11.7 Å². The number of anilines is 1. The van der Waals surface area contributed by atoms with E-state index in [-0.39, 0.29) is 23.6 Å². The average molecular weight is 355 g/mol. The molecule has 7 nitrogen and oxygen atoms in total. The maximum atomic E-state index is 12.4. The highest BCUT2D eigenvalue weighted by Crippen LogP contribution is 2.21. The molecule has 3 N–H and O–H groups in total. The van der Waals surface area contributed by atoms with Crippen molar-refractivity contribution in [3.05, 3.63) is 52.4 Å². The van der Waals surface area contributed by atoms with Gasteiger partial charge in [0.1, 0.15) is 5.39 Å². The highest BCUT2D eigenvalue weighted by Gasteiger charge is 2.20. The summed E-state index contributed by atoms with van der Waals surface area (Å²) in [6.07, 6.45) is 2.18. The summed E-state index contributed by atoms with van der Waals surface area (Å²) >= 11 is 0. The van der Waals surface area contributed by atoms with Crippen LogP contribution in [0.5, 0.6) is 0 Å². The van der Waals surface area contributed by atoms with Gasteiger partial charge in [0.25, 0.3) is 5.56 Å². The van der Waals surface area contributed by atoms with Crippen LogP contribution in [0.25, 0.3) is 11.0 Å². The second-order valence-corrected chi connectivity index (χ2v) is 7.38. The molecule has 2 heterocycles. The number of hydrogen-bond donors (Lipinski definition) is 3. The Hall–Kier alpha value is -2.67. The van der Waals surface area contributed by atoms with Crippen molar-refractivity contribution in [2.24, 2.45) is 0 Å². The standard InChI is InChI=1S/C19H25N5O2/c1-19(2,3)24-16-15(12-21-24)17(26)23-18(22-16)20-11-14(9-10-25)13-7-5-4-6-8-13/h4-8,12,14,25H,9-11H2,1-3H3,(H2,20,22,23,26). The second kappa shape index (κ2) is 7.29. The third-order valence-electron chi connectivity index (χ3n) is 4.34. The Balaban J connectivity index is 1.87. The van der Waals surface area contributed by atoms with Crippen LogP contribution in [0.15, 0.2) is 41.3 Å². The predicted octanol–water partition coefficient (Wildman–Crippen LogP) is 2.45. The summed E-state index contributed by atoms with van der Waals surface area (Å²) in [4.78, 5) is 19.7. The highest BCUT2D eigenvalue weighted by atomic mass is 16.3. The first-order valence-electron chi connectivity index (χ1n) is 8.78. The fourth-order valence-electron chi connectivity index (χ4n) is 2.98. The topological polar surface area (TPSA) is 95.8 Å². The van der Waals surface area contributed by atoms with E-state index < -0.39 is 0 Å². The van der Waals surface area contributed by atoms with Gasteiger partial charge in [0, 0.05) is 19.1 Å². The molecule has 0 aliphatic carbocycles. The van der Waals surface area contributed by atoms with Crippen molar-refractivity contribution in [3.8, 4) is 0 Å². The molecule has 7 heteroatoms. The number of nitrogens with one attached hydrogen (secondary N) is 2. The van der Waals surface area contributed by atoms with Crippen molar-refractivity contribution in [3.63, 3.8) is 0 Å². The summed E-state index contributed by atoms with van der Waals surface area (Å²) in [7, 11) is 0. The number of nitrogens with zero attached hydrogens (tertiary/aromatic N) is 3. The third-order valence-corrected chi connectivity index (χ3v) is 4.34. The van der Waals surface area contributed by atoms with E-state index in [1.807, 2.05) is 51.1 Å². The lowest BCUT2D eigenvalue weighted by atomic mass is 9.96. The Labute approximate surface area is 152 Å². The molecule has 26 heavy (non-hydrogen) atoms. The van der Waals surface area contributed by atoms with E-state index in [0.29, 0.717) is 29.9 Å². The first kappa shape index (κ1) is 18.1. The van der Waals surface area contributed by atoms with Gasteiger partial charge < -0.3 is 10.4 Å². The van der Waals surface area contributed by atoms with Crippen molar-refractivity contribution in [2.45, 2.75) is 38.6 Å². The molecular weight excluding hydrogens is 330 g/mol. The number of aromatic nitrogens is 4. The molecule has 0 aliphatic rings. The van der Waals surface area contributed by atoms with Gasteiger partial charge in [-0.3, -0.25) is 9.78 Å². The maximum Gasteiger partial charge on any atom is 0.263 e. The zero-order chi connectivity index (χ0) is 18.7. The Kier molecular flexibility index (Phi) is 5.08. The maximum absolute atomic E-state index is 12.4. The van der Waals surface area contributed by atoms with Gasteiger partial charge in [-0.25, -0.2) is 4.68 Å². The zero-order valence-electron chi connectivity index (χ0n) is 15.4. The molecule has 1 atom stereocenters. The minimum atomic E-state index is -0.275. The lowest BCUT2D eigenvalue weighted by Crippen LogP contribution is -2.24. The van der Waals surface area contributed by atoms with Crippen LogP contribution in [0.3, 0.4) is 0 Å². The summed E-state index contributed by atoms with van der Waals surface area (Å²) in [5.74, 6) is 0.530. The molecular formula is C19H25N5O2. The first-order valence-corrected chi connectivity index (χ1v) is 8.78. The fraction of sp³-hybridized carbons (Fsp3) is 0.421. The molecule has 0 spiro atoms. The zero-order valence-corrected chi connectivity index (χ0v) is 15.4. The number of aliphatic hydroxyl groups is 1. The average Bonchev–Trinajstić information content (AvgIpc) is 3.04. The molecule has 0 saturated carbocycles. The molecule has 0 bridgehead atoms. The van der Waals surface area contributed by atoms with E-state index in [4.69, 9.17) is 0 Å². The van der Waals surface area contributed by atoms with Crippen LogP contribution in [0, 0.1) is 0 Å². The van der Waals surface area contributed by atoms with Crippen molar-refractivity contribution in [2.75, 3.05) is 18.5 Å². The number of hydrogen-bond acceptors (Lipinski definition) is 5. The smallest absolute Gasteiger partial charge is 0.263 e. The third kappa shape index (κ3) is 3.77. The summed E-state index contributed by atoms with van der Waals surface area (Å²) in [6, 6.07) is 10.0. The van der Waals surface area contributed by atoms with E-state index in [9.17, 15) is 9.90 Å². The summed E-state index contributed by atoms with van der Waals surface area (Å²) < 4.78 is 1.76. The van der Waals surface area contributed by atoms with Crippen molar-refractivity contribution >= 4 is 17.0 Å². The van der Waals surface area contributed by atoms with Crippen LogP contribution in [-0.4, -0.2) is 38.0 Å². The van der Waals surface area contributed by atoms with E-state index in [1.165, 1.54) is 0 Å². The van der Waals surface area contributed by atoms with Gasteiger partial charge >= 0.3 is 0 Å². The number of aromatic amines is 1. The van der Waals surface area contributed by atoms with Crippen LogP contribution >= 0.6 is 0 Å². The second-order valence-electron chi connectivity index (χ2n) is 7.38. The van der Waals surface area contributed by atoms with Crippen molar-refractivity contribution < 1.29 is 5.11 Å². The fourth-order valence-corrected chi connectivity index (χ4v) is 2.98. The minimum Gasteiger partial charge on any atom is -0.396 e.